The summed E-state index contributed by atoms with van der Waals surface area (Å²) in [5.41, 5.74) is 0.868. The smallest absolute Gasteiger partial charge is 0.307 e. The third kappa shape index (κ3) is 2.18. The highest BCUT2D eigenvalue weighted by atomic mass is 127. The Balaban J connectivity index is 2.95. The molecule has 1 amide bonds. The Morgan fingerprint density at radius 1 is 1.55 bits per heavy atom. The molecule has 0 N–H and O–H groups in total. The summed E-state index contributed by atoms with van der Waals surface area (Å²) in [5, 5.41) is 0. The molecule has 0 bridgehead atoms. The molecule has 3 heteroatoms. The van der Waals surface area contributed by atoms with Crippen molar-refractivity contribution in [3.63, 3.8) is 0 Å². The highest BCUT2D eigenvalue weighted by Crippen LogP contribution is 2.14. The molecule has 0 aromatic heterocycles. The first-order valence-electron chi connectivity index (χ1n) is 3.11. The zero-order valence-corrected chi connectivity index (χ0v) is 8.20. The third-order valence-electron chi connectivity index (χ3n) is 1.33. The minimum atomic E-state index is 0.868. The first-order valence-corrected chi connectivity index (χ1v) is 4.19. The molecule has 0 saturated heterocycles. The molecule has 0 saturated carbocycles. The second-order valence-corrected chi connectivity index (χ2v) is 3.38. The molecule has 11 heavy (non-hydrogen) atoms. The Kier molecular flexibility index (Phi) is 2.87. The van der Waals surface area contributed by atoms with E-state index in [0.717, 1.165) is 9.26 Å². The van der Waals surface area contributed by atoms with Crippen LogP contribution in [0.25, 0.3) is 0 Å². The van der Waals surface area contributed by atoms with Crippen LogP contribution in [0.2, 0.25) is 0 Å². The zero-order valence-electron chi connectivity index (χ0n) is 6.04. The van der Waals surface area contributed by atoms with Crippen LogP contribution >= 0.6 is 22.6 Å². The van der Waals surface area contributed by atoms with Gasteiger partial charge < -0.3 is 4.90 Å². The summed E-state index contributed by atoms with van der Waals surface area (Å²) in [5.74, 6) is 0. The van der Waals surface area contributed by atoms with Crippen LogP contribution in [0, 0.1) is 3.57 Å². The Morgan fingerprint density at radius 3 is 2.82 bits per heavy atom. The number of nitrogens with zero attached hydrogens (tertiary/aromatic N) is 1. The number of benzene rings is 1. The van der Waals surface area contributed by atoms with Crippen LogP contribution in [0.3, 0.4) is 0 Å². The maximum atomic E-state index is 10.2. The fraction of sp³-hybridized carbons (Fsp3) is 0.125. The minimum Gasteiger partial charge on any atom is -0.307 e. The molecule has 1 rings (SSSR count). The predicted molar refractivity (Wildman–Crippen MR) is 53.3 cm³/mol. The lowest BCUT2D eigenvalue weighted by Gasteiger charge is -2.08. The molecule has 1 aromatic carbocycles. The van der Waals surface area contributed by atoms with E-state index in [9.17, 15) is 4.79 Å². The van der Waals surface area contributed by atoms with Crippen LogP contribution in [0.1, 0.15) is 0 Å². The van der Waals surface area contributed by atoms with E-state index in [1.165, 1.54) is 4.90 Å². The quantitative estimate of drug-likeness (QED) is 0.586. The lowest BCUT2D eigenvalue weighted by molar-refractivity contribution is 0.554. The maximum absolute atomic E-state index is 10.2. The van der Waals surface area contributed by atoms with Crippen LogP contribution in [0.15, 0.2) is 24.3 Å². The van der Waals surface area contributed by atoms with Gasteiger partial charge in [0.05, 0.1) is 0 Å². The van der Waals surface area contributed by atoms with Crippen molar-refractivity contribution in [3.05, 3.63) is 27.8 Å². The SMILES string of the molecule is CN([C]=O)c1cccc(I)c1. The van der Waals surface area contributed by atoms with E-state index in [2.05, 4.69) is 22.6 Å². The van der Waals surface area contributed by atoms with Crippen molar-refractivity contribution < 1.29 is 4.79 Å². The van der Waals surface area contributed by atoms with Gasteiger partial charge in [-0.25, -0.2) is 0 Å². The second-order valence-electron chi connectivity index (χ2n) is 2.13. The summed E-state index contributed by atoms with van der Waals surface area (Å²) >= 11 is 2.20. The second kappa shape index (κ2) is 3.71. The average Bonchev–Trinajstić information content (AvgIpc) is 2.03. The van der Waals surface area contributed by atoms with Crippen molar-refractivity contribution >= 4 is 34.7 Å². The Morgan fingerprint density at radius 2 is 2.27 bits per heavy atom. The van der Waals surface area contributed by atoms with Crippen molar-refractivity contribution in [2.24, 2.45) is 0 Å². The van der Waals surface area contributed by atoms with Crippen LogP contribution in [0.5, 0.6) is 0 Å². The number of rotatable bonds is 2. The average molecular weight is 260 g/mol. The fourth-order valence-corrected chi connectivity index (χ4v) is 1.26. The molecule has 0 spiro atoms. The molecule has 1 aromatic rings. The monoisotopic (exact) mass is 260 g/mol. The highest BCUT2D eigenvalue weighted by Gasteiger charge is 1.98. The standard InChI is InChI=1S/C8H7INO/c1-10(6-11)8-4-2-3-7(9)5-8/h2-5H,1H3. The molecular formula is C8H7INO. The van der Waals surface area contributed by atoms with Crippen LogP contribution in [0.4, 0.5) is 5.69 Å². The van der Waals surface area contributed by atoms with E-state index in [4.69, 9.17) is 0 Å². The molecule has 0 unspecified atom stereocenters. The molecule has 2 nitrogen and oxygen atoms in total. The summed E-state index contributed by atoms with van der Waals surface area (Å²) < 4.78 is 1.11. The topological polar surface area (TPSA) is 20.3 Å². The van der Waals surface area contributed by atoms with Crippen molar-refractivity contribution in [1.82, 2.24) is 0 Å². The molecule has 1 radical (unpaired) electrons. The number of amides is 1. The van der Waals surface area contributed by atoms with Gasteiger partial charge in [0.25, 0.3) is 0 Å². The first-order chi connectivity index (χ1) is 5.24. The van der Waals surface area contributed by atoms with E-state index in [1.807, 2.05) is 24.3 Å². The Labute approximate surface area is 79.3 Å². The molecule has 0 aliphatic heterocycles. The van der Waals surface area contributed by atoms with Crippen LogP contribution < -0.4 is 4.90 Å². The van der Waals surface area contributed by atoms with Crippen molar-refractivity contribution in [2.45, 2.75) is 0 Å². The lowest BCUT2D eigenvalue weighted by atomic mass is 10.3. The normalized spacial score (nSPS) is 9.27. The first kappa shape index (κ1) is 8.52. The van der Waals surface area contributed by atoms with Crippen LogP contribution in [-0.4, -0.2) is 13.5 Å². The van der Waals surface area contributed by atoms with Crippen molar-refractivity contribution in [3.8, 4) is 0 Å². The van der Waals surface area contributed by atoms with Gasteiger partial charge in [-0.05, 0) is 40.8 Å². The summed E-state index contributed by atoms with van der Waals surface area (Å²) in [6.45, 7) is 0. The molecule has 0 heterocycles. The summed E-state index contributed by atoms with van der Waals surface area (Å²) in [6, 6.07) is 7.67. The predicted octanol–water partition coefficient (Wildman–Crippen LogP) is 1.79. The molecule has 0 aliphatic carbocycles. The van der Waals surface area contributed by atoms with Gasteiger partial charge >= 0.3 is 6.41 Å². The van der Waals surface area contributed by atoms with E-state index in [-0.39, 0.29) is 0 Å². The number of hydrogen-bond donors (Lipinski definition) is 0. The maximum Gasteiger partial charge on any atom is 0.316 e. The van der Waals surface area contributed by atoms with Gasteiger partial charge in [-0.2, -0.15) is 0 Å². The van der Waals surface area contributed by atoms with E-state index >= 15 is 0 Å². The fourth-order valence-electron chi connectivity index (χ4n) is 0.737. The van der Waals surface area contributed by atoms with Gasteiger partial charge in [0.2, 0.25) is 0 Å². The van der Waals surface area contributed by atoms with Crippen molar-refractivity contribution in [2.75, 3.05) is 11.9 Å². The van der Waals surface area contributed by atoms with Gasteiger partial charge in [-0.15, -0.1) is 0 Å². The Hall–Kier alpha value is -0.580. The zero-order chi connectivity index (χ0) is 8.27. The van der Waals surface area contributed by atoms with E-state index in [1.54, 1.807) is 13.5 Å². The van der Waals surface area contributed by atoms with Gasteiger partial charge in [0, 0.05) is 16.3 Å². The van der Waals surface area contributed by atoms with Crippen LogP contribution in [-0.2, 0) is 4.79 Å². The largest absolute Gasteiger partial charge is 0.316 e. The summed E-state index contributed by atoms with van der Waals surface area (Å²) in [4.78, 5) is 11.6. The van der Waals surface area contributed by atoms with Gasteiger partial charge in [-0.3, -0.25) is 4.79 Å². The summed E-state index contributed by atoms with van der Waals surface area (Å²) in [7, 11) is 1.68. The minimum absolute atomic E-state index is 0.868. The molecule has 0 fully saturated rings. The van der Waals surface area contributed by atoms with E-state index in [0.29, 0.717) is 0 Å². The highest BCUT2D eigenvalue weighted by molar-refractivity contribution is 14.1. The van der Waals surface area contributed by atoms with E-state index < -0.39 is 0 Å². The van der Waals surface area contributed by atoms with Gasteiger partial charge in [-0.1, -0.05) is 6.07 Å². The lowest BCUT2D eigenvalue weighted by Crippen LogP contribution is -2.13. The molecular weight excluding hydrogens is 253 g/mol. The molecule has 57 valence electrons. The molecule has 0 atom stereocenters. The number of halogens is 1. The number of hydrogen-bond acceptors (Lipinski definition) is 1. The van der Waals surface area contributed by atoms with Gasteiger partial charge in [0.1, 0.15) is 0 Å². The number of anilines is 1. The third-order valence-corrected chi connectivity index (χ3v) is 2.00. The summed E-state index contributed by atoms with van der Waals surface area (Å²) in [6.07, 6.45) is 1.79. The van der Waals surface area contributed by atoms with Crippen molar-refractivity contribution in [1.29, 1.82) is 0 Å². The Bertz CT molecular complexity index is 262. The van der Waals surface area contributed by atoms with Gasteiger partial charge in [0.15, 0.2) is 0 Å². The molecule has 0 aliphatic rings. The number of carbonyl (C=O) groups excluding carboxylic acids is 1.